The fraction of sp³-hybridized carbons (Fsp3) is 0.421. The highest BCUT2D eigenvalue weighted by molar-refractivity contribution is 7.15. The highest BCUT2D eigenvalue weighted by atomic mass is 35.5. The quantitative estimate of drug-likeness (QED) is 0.165. The lowest BCUT2D eigenvalue weighted by molar-refractivity contribution is -0.144. The average molecular weight is 1130 g/mol. The molecule has 6 aromatic rings. The number of ether oxygens (including phenoxy) is 1. The number of benzene rings is 3. The number of rotatable bonds is 8. The normalized spacial score (nSPS) is 21.7. The lowest BCUT2D eigenvalue weighted by atomic mass is 9.85. The predicted molar refractivity (Wildman–Crippen MR) is 300 cm³/mol. The number of amides is 6. The number of hydrogen-bond donors (Lipinski definition) is 4. The lowest BCUT2D eigenvalue weighted by Crippen LogP contribution is -2.57. The highest BCUT2D eigenvalue weighted by Crippen LogP contribution is 2.40. The van der Waals surface area contributed by atoms with Gasteiger partial charge in [0.1, 0.15) is 46.7 Å². The monoisotopic (exact) mass is 1130 g/mol. The van der Waals surface area contributed by atoms with E-state index in [0.717, 1.165) is 37.7 Å². The van der Waals surface area contributed by atoms with E-state index in [0.29, 0.717) is 33.6 Å². The third-order valence-electron chi connectivity index (χ3n) is 14.7. The van der Waals surface area contributed by atoms with Gasteiger partial charge >= 0.3 is 0 Å². The standard InChI is InChI=1S/C57H66ClN13O8S/c1-32-33(2)80-56-48(32)49(38-18-20-39(58)21-19-38)61-42(51-65-63-34(3)71(51)56)26-47(74)68(8)30-44-54(77)67(7)22-23-79-31-40-28-70(66-64-40)50(57(4,5)6)55(78)69-29-41(72)25-45(69)53(76)62-43(52(75)59-27-46(73)60-44)24-35-14-16-37(17-15-35)36-12-10-9-11-13-36/h9-21,28,41-45,50,72H,22-27,29-31H2,1-8H3,(H,59,75)(H,60,73)(H,62,76)/t41-,42+,43-,44-,45+,50-/m1/s1. The van der Waals surface area contributed by atoms with Crippen LogP contribution in [0.1, 0.15) is 90.2 Å². The third-order valence-corrected chi connectivity index (χ3v) is 16.2. The minimum atomic E-state index is -1.31. The van der Waals surface area contributed by atoms with Crippen molar-refractivity contribution in [1.82, 2.24) is 60.4 Å². The molecule has 3 aromatic carbocycles. The lowest BCUT2D eigenvalue weighted by Gasteiger charge is -2.35. The molecule has 80 heavy (non-hydrogen) atoms. The van der Waals surface area contributed by atoms with Crippen molar-refractivity contribution in [2.45, 2.75) is 104 Å². The molecule has 0 aliphatic carbocycles. The average Bonchev–Trinajstić information content (AvgIpc) is 4.30. The summed E-state index contributed by atoms with van der Waals surface area (Å²) in [6.07, 6.45) is 0.261. The van der Waals surface area contributed by atoms with Crippen LogP contribution in [0.15, 0.2) is 90.1 Å². The van der Waals surface area contributed by atoms with E-state index in [4.69, 9.17) is 21.3 Å². The first-order valence-electron chi connectivity index (χ1n) is 26.5. The topological polar surface area (TPSA) is 251 Å². The maximum atomic E-state index is 14.6. The molecule has 23 heteroatoms. The Hall–Kier alpha value is -7.66. The third kappa shape index (κ3) is 12.5. The summed E-state index contributed by atoms with van der Waals surface area (Å²) < 4.78 is 9.32. The molecule has 6 heterocycles. The van der Waals surface area contributed by atoms with E-state index in [1.807, 2.05) is 113 Å². The Morgan fingerprint density at radius 1 is 0.875 bits per heavy atom. The van der Waals surface area contributed by atoms with Crippen LogP contribution in [0.25, 0.3) is 16.1 Å². The number of aliphatic imine (C=N–C) groups is 1. The Balaban J connectivity index is 0.990. The molecule has 0 saturated carbocycles. The second kappa shape index (κ2) is 24.0. The molecule has 3 aliphatic heterocycles. The van der Waals surface area contributed by atoms with Gasteiger partial charge in [-0.2, -0.15) is 0 Å². The minimum absolute atomic E-state index is 0.0136. The van der Waals surface area contributed by atoms with Gasteiger partial charge in [0.25, 0.3) is 0 Å². The van der Waals surface area contributed by atoms with Crippen molar-refractivity contribution in [3.8, 4) is 16.1 Å². The van der Waals surface area contributed by atoms with Crippen LogP contribution in [-0.4, -0.2) is 162 Å². The Labute approximate surface area is 472 Å². The van der Waals surface area contributed by atoms with Gasteiger partial charge in [-0.25, -0.2) is 4.68 Å². The Morgan fingerprint density at radius 3 is 2.29 bits per heavy atom. The van der Waals surface area contributed by atoms with Crippen molar-refractivity contribution in [3.63, 3.8) is 0 Å². The second-order valence-corrected chi connectivity index (χ2v) is 23.4. The summed E-state index contributed by atoms with van der Waals surface area (Å²) in [5.41, 5.74) is 5.62. The molecule has 0 spiro atoms. The first kappa shape index (κ1) is 57.0. The Kier molecular flexibility index (Phi) is 17.1. The number of hydrogen-bond acceptors (Lipinski definition) is 14. The Bertz CT molecular complexity index is 3320. The summed E-state index contributed by atoms with van der Waals surface area (Å²) in [5.74, 6) is -2.53. The van der Waals surface area contributed by atoms with Crippen LogP contribution >= 0.6 is 22.9 Å². The number of halogens is 1. The van der Waals surface area contributed by atoms with E-state index in [2.05, 4.69) is 36.5 Å². The van der Waals surface area contributed by atoms with E-state index in [9.17, 15) is 33.9 Å². The van der Waals surface area contributed by atoms with E-state index < -0.39 is 83.7 Å². The molecular formula is C57H66ClN13O8S. The number of aromatic nitrogens is 6. The summed E-state index contributed by atoms with van der Waals surface area (Å²) in [5, 5.41) is 38.2. The highest BCUT2D eigenvalue weighted by Gasteiger charge is 2.46. The number of aryl methyl sites for hydroxylation is 2. The van der Waals surface area contributed by atoms with E-state index in [1.165, 1.54) is 26.4 Å². The summed E-state index contributed by atoms with van der Waals surface area (Å²) in [6, 6.07) is 19.0. The van der Waals surface area contributed by atoms with Crippen molar-refractivity contribution in [3.05, 3.63) is 135 Å². The molecule has 4 N–H and O–H groups in total. The molecule has 6 atom stereocenters. The molecule has 21 nitrogen and oxygen atoms in total. The van der Waals surface area contributed by atoms with Crippen molar-refractivity contribution in [2.24, 2.45) is 10.4 Å². The number of nitrogens with zero attached hydrogens (tertiary/aromatic N) is 10. The van der Waals surface area contributed by atoms with E-state index >= 15 is 0 Å². The number of aliphatic hydroxyl groups is 1. The van der Waals surface area contributed by atoms with Crippen molar-refractivity contribution < 1.29 is 38.6 Å². The summed E-state index contributed by atoms with van der Waals surface area (Å²) >= 11 is 7.91. The molecule has 2 bridgehead atoms. The van der Waals surface area contributed by atoms with Crippen molar-refractivity contribution >= 4 is 64.1 Å². The molecule has 0 unspecified atom stereocenters. The number of aliphatic hydroxyl groups excluding tert-OH is 1. The van der Waals surface area contributed by atoms with Crippen LogP contribution in [0.3, 0.4) is 0 Å². The van der Waals surface area contributed by atoms with Gasteiger partial charge in [0, 0.05) is 67.6 Å². The number of carbonyl (C=O) groups excluding carboxylic acids is 6. The fourth-order valence-electron chi connectivity index (χ4n) is 10.3. The number of nitrogens with one attached hydrogen (secondary N) is 3. The van der Waals surface area contributed by atoms with Crippen LogP contribution in [-0.2, 0) is 46.5 Å². The molecule has 3 aromatic heterocycles. The van der Waals surface area contributed by atoms with Crippen LogP contribution in [0.2, 0.25) is 5.02 Å². The smallest absolute Gasteiger partial charge is 0.248 e. The molecular weight excluding hydrogens is 1060 g/mol. The largest absolute Gasteiger partial charge is 0.391 e. The zero-order valence-electron chi connectivity index (χ0n) is 46.0. The van der Waals surface area contributed by atoms with E-state index in [1.54, 1.807) is 36.7 Å². The van der Waals surface area contributed by atoms with Gasteiger partial charge in [-0.3, -0.25) is 38.3 Å². The maximum absolute atomic E-state index is 14.6. The van der Waals surface area contributed by atoms with Crippen molar-refractivity contribution in [1.29, 1.82) is 0 Å². The molecule has 0 radical (unpaired) electrons. The first-order valence-corrected chi connectivity index (χ1v) is 27.7. The molecule has 1 fully saturated rings. The van der Waals surface area contributed by atoms with Gasteiger partial charge in [-0.1, -0.05) is 104 Å². The maximum Gasteiger partial charge on any atom is 0.248 e. The number of thiophene rings is 1. The van der Waals surface area contributed by atoms with Gasteiger partial charge in [0.05, 0.1) is 44.2 Å². The van der Waals surface area contributed by atoms with Gasteiger partial charge in [0.2, 0.25) is 35.4 Å². The first-order chi connectivity index (χ1) is 38.1. The van der Waals surface area contributed by atoms with Gasteiger partial charge < -0.3 is 40.5 Å². The van der Waals surface area contributed by atoms with E-state index in [-0.39, 0.29) is 52.1 Å². The SMILES string of the molecule is Cc1sc2c(c1C)C(c1ccc(Cl)cc1)=N[C@@H](CC(=O)N(C)C[C@H]1NC(=O)CNC(=O)[C@@H](Cc3ccc(-c4ccccc4)cc3)NC(=O)[C@@H]3C[C@@H](O)CN3C(=O)[C@H](C(C)(C)C)n3cc(nn3)COCCN(C)C1=O)c1nnc(C)n1-2. The molecule has 420 valence electrons. The number of likely N-dealkylation sites (N-methyl/N-ethyl adjacent to an activating group) is 2. The second-order valence-electron chi connectivity index (χ2n) is 21.7. The predicted octanol–water partition coefficient (Wildman–Crippen LogP) is 4.47. The fourth-order valence-corrected chi connectivity index (χ4v) is 11.7. The van der Waals surface area contributed by atoms with Crippen LogP contribution in [0.5, 0.6) is 0 Å². The molecule has 3 aliphatic rings. The summed E-state index contributed by atoms with van der Waals surface area (Å²) in [7, 11) is 3.07. The van der Waals surface area contributed by atoms with Gasteiger partial charge in [0.15, 0.2) is 5.82 Å². The van der Waals surface area contributed by atoms with Crippen molar-refractivity contribution in [2.75, 3.05) is 46.9 Å². The van der Waals surface area contributed by atoms with Crippen LogP contribution in [0.4, 0.5) is 0 Å². The Morgan fingerprint density at radius 2 is 1.57 bits per heavy atom. The molecule has 6 amide bonds. The zero-order valence-corrected chi connectivity index (χ0v) is 47.5. The van der Waals surface area contributed by atoms with Crippen LogP contribution in [0, 0.1) is 26.2 Å². The minimum Gasteiger partial charge on any atom is -0.391 e. The van der Waals surface area contributed by atoms with Crippen LogP contribution < -0.4 is 16.0 Å². The molecule has 1 saturated heterocycles. The van der Waals surface area contributed by atoms with Gasteiger partial charge in [-0.15, -0.1) is 26.6 Å². The number of carbonyl (C=O) groups is 6. The zero-order chi connectivity index (χ0) is 57.2. The summed E-state index contributed by atoms with van der Waals surface area (Å²) in [4.78, 5) is 96.9. The molecule has 9 rings (SSSR count). The summed E-state index contributed by atoms with van der Waals surface area (Å²) in [6.45, 7) is 10.5. The number of fused-ring (bicyclic) bond motifs is 6. The van der Waals surface area contributed by atoms with Gasteiger partial charge in [-0.05, 0) is 60.6 Å².